The van der Waals surface area contributed by atoms with Crippen LogP contribution in [0.2, 0.25) is 0 Å². The summed E-state index contributed by atoms with van der Waals surface area (Å²) < 4.78 is 55.9. The Morgan fingerprint density at radius 2 is 1.77 bits per heavy atom. The summed E-state index contributed by atoms with van der Waals surface area (Å²) in [4.78, 5) is 11.3. The van der Waals surface area contributed by atoms with Crippen LogP contribution in [0.3, 0.4) is 0 Å². The first-order valence-electron chi connectivity index (χ1n) is 8.32. The van der Waals surface area contributed by atoms with Crippen LogP contribution in [0.1, 0.15) is 12.8 Å². The minimum absolute atomic E-state index is 0.0290. The summed E-state index contributed by atoms with van der Waals surface area (Å²) in [7, 11) is -5.71. The SMILES string of the molecule is CNC(=O)CS(=O)(=O)C1CCN(S(=O)(=O)CCOc2ccccc2)CC1. The van der Waals surface area contributed by atoms with Gasteiger partial charge in [-0.1, -0.05) is 18.2 Å². The zero-order chi connectivity index (χ0) is 19.2. The van der Waals surface area contributed by atoms with E-state index in [1.165, 1.54) is 11.4 Å². The maximum absolute atomic E-state index is 12.4. The molecule has 1 aliphatic rings. The standard InChI is InChI=1S/C16H24N2O6S2/c1-17-16(19)13-25(20,21)15-7-9-18(10-8-15)26(22,23)12-11-24-14-5-3-2-4-6-14/h2-6,15H,7-13H2,1H3,(H,17,19). The molecule has 1 saturated heterocycles. The first kappa shape index (κ1) is 20.7. The highest BCUT2D eigenvalue weighted by molar-refractivity contribution is 7.92. The van der Waals surface area contributed by atoms with E-state index in [9.17, 15) is 21.6 Å². The Hall–Kier alpha value is -1.65. The fourth-order valence-electron chi connectivity index (χ4n) is 2.75. The smallest absolute Gasteiger partial charge is 0.234 e. The van der Waals surface area contributed by atoms with Gasteiger partial charge in [-0.25, -0.2) is 21.1 Å². The molecular formula is C16H24N2O6S2. The van der Waals surface area contributed by atoms with E-state index < -0.39 is 36.8 Å². The largest absolute Gasteiger partial charge is 0.492 e. The molecule has 0 atom stereocenters. The van der Waals surface area contributed by atoms with Gasteiger partial charge in [0.25, 0.3) is 0 Å². The second kappa shape index (κ2) is 8.83. The molecule has 0 spiro atoms. The van der Waals surface area contributed by atoms with Crippen LogP contribution in [-0.2, 0) is 24.7 Å². The van der Waals surface area contributed by atoms with Crippen molar-refractivity contribution in [2.75, 3.05) is 38.2 Å². The van der Waals surface area contributed by atoms with Crippen LogP contribution in [0.4, 0.5) is 0 Å². The molecule has 0 saturated carbocycles. The first-order chi connectivity index (χ1) is 12.2. The number of rotatable bonds is 8. The number of hydrogen-bond donors (Lipinski definition) is 1. The van der Waals surface area contributed by atoms with E-state index in [-0.39, 0.29) is 38.3 Å². The summed E-state index contributed by atoms with van der Waals surface area (Å²) in [6.07, 6.45) is 0.385. The lowest BCUT2D eigenvalue weighted by Crippen LogP contribution is -2.45. The number of carbonyl (C=O) groups is 1. The van der Waals surface area contributed by atoms with Crippen molar-refractivity contribution in [3.05, 3.63) is 30.3 Å². The number of nitrogens with one attached hydrogen (secondary N) is 1. The van der Waals surface area contributed by atoms with E-state index in [4.69, 9.17) is 4.74 Å². The predicted octanol–water partition coefficient (Wildman–Crippen LogP) is 0.0204. The van der Waals surface area contributed by atoms with Crippen LogP contribution in [-0.4, -0.2) is 70.5 Å². The van der Waals surface area contributed by atoms with Gasteiger partial charge in [-0.3, -0.25) is 4.79 Å². The predicted molar refractivity (Wildman–Crippen MR) is 98.2 cm³/mol. The van der Waals surface area contributed by atoms with Crippen LogP contribution in [0.5, 0.6) is 5.75 Å². The highest BCUT2D eigenvalue weighted by atomic mass is 32.2. The fraction of sp³-hybridized carbons (Fsp3) is 0.562. The number of amides is 1. The Balaban J connectivity index is 1.85. The van der Waals surface area contributed by atoms with Crippen molar-refractivity contribution in [1.29, 1.82) is 0 Å². The third-order valence-corrected chi connectivity index (χ3v) is 8.25. The molecule has 0 radical (unpaired) electrons. The zero-order valence-electron chi connectivity index (χ0n) is 14.6. The Labute approximate surface area is 154 Å². The van der Waals surface area contributed by atoms with Crippen molar-refractivity contribution < 1.29 is 26.4 Å². The lowest BCUT2D eigenvalue weighted by molar-refractivity contribution is -0.118. The molecule has 0 unspecified atom stereocenters. The minimum atomic E-state index is -3.57. The van der Waals surface area contributed by atoms with Gasteiger partial charge >= 0.3 is 0 Å². The van der Waals surface area contributed by atoms with Gasteiger partial charge in [-0.2, -0.15) is 0 Å². The Morgan fingerprint density at radius 1 is 1.15 bits per heavy atom. The average molecular weight is 405 g/mol. The third-order valence-electron chi connectivity index (χ3n) is 4.27. The molecule has 10 heteroatoms. The van der Waals surface area contributed by atoms with E-state index in [1.807, 2.05) is 6.07 Å². The second-order valence-electron chi connectivity index (χ2n) is 6.06. The van der Waals surface area contributed by atoms with Gasteiger partial charge in [0.2, 0.25) is 15.9 Å². The number of nitrogens with zero attached hydrogens (tertiary/aromatic N) is 1. The summed E-state index contributed by atoms with van der Waals surface area (Å²) in [5.41, 5.74) is 0. The van der Waals surface area contributed by atoms with Crippen molar-refractivity contribution in [2.45, 2.75) is 18.1 Å². The van der Waals surface area contributed by atoms with Crippen LogP contribution >= 0.6 is 0 Å². The van der Waals surface area contributed by atoms with E-state index in [0.717, 1.165) is 0 Å². The monoisotopic (exact) mass is 404 g/mol. The maximum Gasteiger partial charge on any atom is 0.234 e. The summed E-state index contributed by atoms with van der Waals surface area (Å²) in [6, 6.07) is 8.93. The molecule has 1 heterocycles. The molecule has 0 bridgehead atoms. The molecule has 26 heavy (non-hydrogen) atoms. The Kier molecular flexibility index (Phi) is 7.01. The van der Waals surface area contributed by atoms with Gasteiger partial charge in [0.15, 0.2) is 9.84 Å². The molecule has 0 aliphatic carbocycles. The minimum Gasteiger partial charge on any atom is -0.492 e. The highest BCUT2D eigenvalue weighted by Gasteiger charge is 2.35. The molecule has 2 rings (SSSR count). The number of piperidine rings is 1. The normalized spacial score (nSPS) is 17.0. The van der Waals surface area contributed by atoms with Gasteiger partial charge in [0.1, 0.15) is 18.1 Å². The molecule has 1 aliphatic heterocycles. The average Bonchev–Trinajstić information content (AvgIpc) is 2.62. The van der Waals surface area contributed by atoms with Crippen molar-refractivity contribution >= 4 is 25.8 Å². The van der Waals surface area contributed by atoms with Crippen LogP contribution < -0.4 is 10.1 Å². The molecule has 8 nitrogen and oxygen atoms in total. The summed E-state index contributed by atoms with van der Waals surface area (Å²) in [5, 5.41) is 1.60. The molecule has 1 aromatic carbocycles. The Bertz CT molecular complexity index is 800. The first-order valence-corrected chi connectivity index (χ1v) is 11.6. The number of ether oxygens (including phenoxy) is 1. The van der Waals surface area contributed by atoms with Crippen molar-refractivity contribution in [3.8, 4) is 5.75 Å². The number of carbonyl (C=O) groups excluding carboxylic acids is 1. The maximum atomic E-state index is 12.4. The van der Waals surface area contributed by atoms with Crippen molar-refractivity contribution in [2.24, 2.45) is 0 Å². The topological polar surface area (TPSA) is 110 Å². The fourth-order valence-corrected chi connectivity index (χ4v) is 5.75. The molecule has 146 valence electrons. The van der Waals surface area contributed by atoms with Gasteiger partial charge in [0.05, 0.1) is 11.0 Å². The zero-order valence-corrected chi connectivity index (χ0v) is 16.3. The summed E-state index contributed by atoms with van der Waals surface area (Å²) in [5.74, 6) is -0.691. The highest BCUT2D eigenvalue weighted by Crippen LogP contribution is 2.21. The number of sulfone groups is 1. The van der Waals surface area contributed by atoms with Crippen LogP contribution in [0, 0.1) is 0 Å². The summed E-state index contributed by atoms with van der Waals surface area (Å²) in [6.45, 7) is 0.290. The van der Waals surface area contributed by atoms with Gasteiger partial charge in [-0.05, 0) is 25.0 Å². The van der Waals surface area contributed by atoms with Gasteiger partial charge in [0, 0.05) is 20.1 Å². The van der Waals surface area contributed by atoms with E-state index in [0.29, 0.717) is 5.75 Å². The van der Waals surface area contributed by atoms with Crippen molar-refractivity contribution in [1.82, 2.24) is 9.62 Å². The summed E-state index contributed by atoms with van der Waals surface area (Å²) >= 11 is 0. The van der Waals surface area contributed by atoms with E-state index >= 15 is 0 Å². The van der Waals surface area contributed by atoms with Gasteiger partial charge < -0.3 is 10.1 Å². The second-order valence-corrected chi connectivity index (χ2v) is 10.4. The molecule has 1 N–H and O–H groups in total. The molecule has 0 aromatic heterocycles. The number of hydrogen-bond acceptors (Lipinski definition) is 6. The van der Waals surface area contributed by atoms with Gasteiger partial charge in [-0.15, -0.1) is 0 Å². The molecule has 1 fully saturated rings. The third kappa shape index (κ3) is 5.68. The lowest BCUT2D eigenvalue weighted by atomic mass is 10.2. The number of para-hydroxylation sites is 1. The van der Waals surface area contributed by atoms with Crippen LogP contribution in [0.15, 0.2) is 30.3 Å². The molecule has 1 amide bonds. The van der Waals surface area contributed by atoms with Crippen LogP contribution in [0.25, 0.3) is 0 Å². The Morgan fingerprint density at radius 3 is 2.35 bits per heavy atom. The number of sulfonamides is 1. The lowest BCUT2D eigenvalue weighted by Gasteiger charge is -2.30. The molecule has 1 aromatic rings. The molecular weight excluding hydrogens is 380 g/mol. The van der Waals surface area contributed by atoms with E-state index in [1.54, 1.807) is 24.3 Å². The van der Waals surface area contributed by atoms with E-state index in [2.05, 4.69) is 5.32 Å². The quantitative estimate of drug-likeness (QED) is 0.654. The number of benzene rings is 1. The van der Waals surface area contributed by atoms with Crippen molar-refractivity contribution in [3.63, 3.8) is 0 Å².